The molecule has 0 saturated carbocycles. The lowest BCUT2D eigenvalue weighted by Crippen LogP contribution is -2.43. The van der Waals surface area contributed by atoms with Crippen molar-refractivity contribution in [3.05, 3.63) is 0 Å². The molecule has 0 saturated heterocycles. The molecule has 27 heavy (non-hydrogen) atoms. The van der Waals surface area contributed by atoms with Crippen LogP contribution in [0.4, 0.5) is 13.2 Å². The first-order valence-corrected chi connectivity index (χ1v) is 8.44. The summed E-state index contributed by atoms with van der Waals surface area (Å²) >= 11 is 0. The lowest BCUT2D eigenvalue weighted by molar-refractivity contribution is -0.257. The maximum absolute atomic E-state index is 12.6. The zero-order valence-electron chi connectivity index (χ0n) is 16.0. The maximum atomic E-state index is 12.6. The van der Waals surface area contributed by atoms with Gasteiger partial charge >= 0.3 is 18.1 Å². The summed E-state index contributed by atoms with van der Waals surface area (Å²) in [5.41, 5.74) is -4.05. The monoisotopic (exact) mass is 400 g/mol. The van der Waals surface area contributed by atoms with E-state index in [0.717, 1.165) is 0 Å². The van der Waals surface area contributed by atoms with Crippen LogP contribution in [0.3, 0.4) is 0 Å². The Kier molecular flexibility index (Phi) is 9.94. The van der Waals surface area contributed by atoms with Crippen molar-refractivity contribution in [1.29, 1.82) is 0 Å². The Bertz CT molecular complexity index is 517. The molecule has 0 amide bonds. The lowest BCUT2D eigenvalue weighted by atomic mass is 9.89. The van der Waals surface area contributed by atoms with Crippen LogP contribution in [0, 0.1) is 5.41 Å². The quantitative estimate of drug-likeness (QED) is 0.305. The third-order valence-electron chi connectivity index (χ3n) is 4.01. The second-order valence-corrected chi connectivity index (χ2v) is 6.72. The molecule has 0 spiro atoms. The summed E-state index contributed by atoms with van der Waals surface area (Å²) in [6.07, 6.45) is -5.64. The summed E-state index contributed by atoms with van der Waals surface area (Å²) in [4.78, 5) is 34.0. The van der Waals surface area contributed by atoms with Gasteiger partial charge < -0.3 is 19.3 Å². The summed E-state index contributed by atoms with van der Waals surface area (Å²) in [5, 5.41) is 9.32. The van der Waals surface area contributed by atoms with Crippen molar-refractivity contribution in [3.8, 4) is 0 Å². The number of ketones is 1. The summed E-state index contributed by atoms with van der Waals surface area (Å²) in [5.74, 6) is -1.76. The smallest absolute Gasteiger partial charge is 0.417 e. The molecule has 158 valence electrons. The summed E-state index contributed by atoms with van der Waals surface area (Å²) in [6, 6.07) is 0. The van der Waals surface area contributed by atoms with Gasteiger partial charge in [-0.3, -0.25) is 14.4 Å². The van der Waals surface area contributed by atoms with Gasteiger partial charge in [0.2, 0.25) is 0 Å². The molecular formula is C17H27F3O7. The average Bonchev–Trinajstić information content (AvgIpc) is 2.52. The highest BCUT2D eigenvalue weighted by Gasteiger charge is 2.49. The maximum Gasteiger partial charge on any atom is 0.417 e. The first-order valence-electron chi connectivity index (χ1n) is 8.44. The van der Waals surface area contributed by atoms with E-state index in [1.54, 1.807) is 6.92 Å². The molecule has 0 aromatic heterocycles. The zero-order valence-corrected chi connectivity index (χ0v) is 16.0. The number of esters is 2. The van der Waals surface area contributed by atoms with Crippen LogP contribution in [0.15, 0.2) is 0 Å². The number of carbonyl (C=O) groups is 3. The van der Waals surface area contributed by atoms with Gasteiger partial charge in [0.25, 0.3) is 0 Å². The molecule has 0 bridgehead atoms. The number of hydrogen-bond donors (Lipinski definition) is 1. The number of aliphatic hydroxyl groups is 1. The molecule has 0 fully saturated rings. The van der Waals surface area contributed by atoms with Crippen LogP contribution in [0.25, 0.3) is 0 Å². The molecule has 0 aliphatic heterocycles. The minimum Gasteiger partial charge on any atom is -0.465 e. The number of alkyl halides is 3. The third-order valence-corrected chi connectivity index (χ3v) is 4.01. The number of hydrogen-bond acceptors (Lipinski definition) is 7. The second-order valence-electron chi connectivity index (χ2n) is 6.72. The van der Waals surface area contributed by atoms with Gasteiger partial charge in [-0.2, -0.15) is 13.2 Å². The Morgan fingerprint density at radius 1 is 1.00 bits per heavy atom. The van der Waals surface area contributed by atoms with Crippen LogP contribution >= 0.6 is 0 Å². The molecule has 2 unspecified atom stereocenters. The average molecular weight is 400 g/mol. The van der Waals surface area contributed by atoms with Gasteiger partial charge in [0.15, 0.2) is 5.60 Å². The number of halogens is 3. The summed E-state index contributed by atoms with van der Waals surface area (Å²) in [7, 11) is 0. The molecule has 7 nitrogen and oxygen atoms in total. The van der Waals surface area contributed by atoms with Crippen LogP contribution in [0.1, 0.15) is 47.0 Å². The fraction of sp³-hybridized carbons (Fsp3) is 0.824. The van der Waals surface area contributed by atoms with Crippen molar-refractivity contribution in [2.24, 2.45) is 5.41 Å². The minimum absolute atomic E-state index is 0.0186. The fourth-order valence-electron chi connectivity index (χ4n) is 1.73. The van der Waals surface area contributed by atoms with Crippen molar-refractivity contribution in [2.45, 2.75) is 58.7 Å². The molecule has 0 aliphatic carbocycles. The molecule has 0 radical (unpaired) electrons. The summed E-state index contributed by atoms with van der Waals surface area (Å²) < 4.78 is 52.6. The Morgan fingerprint density at radius 3 is 2.07 bits per heavy atom. The van der Waals surface area contributed by atoms with E-state index >= 15 is 0 Å². The molecular weight excluding hydrogens is 373 g/mol. The SMILES string of the molecule is CCC(C)(COCCOC(=O)CC(C)=O)C(=O)OCCC(C)(O)C(F)(F)F. The standard InChI is InChI=1S/C17H27F3O7/c1-5-15(3,11-25-8-9-26-13(22)10-12(2)21)14(23)27-7-6-16(4,24)17(18,19)20/h24H,5-11H2,1-4H3. The number of Topliss-reactive ketones (excluding diaryl/α,β-unsaturated/α-hetero) is 1. The van der Waals surface area contributed by atoms with Crippen LogP contribution in [0.5, 0.6) is 0 Å². The topological polar surface area (TPSA) is 99.1 Å². The Morgan fingerprint density at radius 2 is 1.59 bits per heavy atom. The highest BCUT2D eigenvalue weighted by atomic mass is 19.4. The summed E-state index contributed by atoms with van der Waals surface area (Å²) in [6.45, 7) is 4.26. The van der Waals surface area contributed by atoms with E-state index in [0.29, 0.717) is 13.3 Å². The molecule has 0 aromatic rings. The van der Waals surface area contributed by atoms with Gasteiger partial charge in [-0.1, -0.05) is 6.92 Å². The van der Waals surface area contributed by atoms with Gasteiger partial charge in [-0.05, 0) is 27.2 Å². The van der Waals surface area contributed by atoms with E-state index in [4.69, 9.17) is 14.2 Å². The second kappa shape index (κ2) is 10.6. The fourth-order valence-corrected chi connectivity index (χ4v) is 1.73. The normalized spacial score (nSPS) is 16.1. The number of carbonyl (C=O) groups excluding carboxylic acids is 3. The van der Waals surface area contributed by atoms with Crippen molar-refractivity contribution in [2.75, 3.05) is 26.4 Å². The van der Waals surface area contributed by atoms with Gasteiger partial charge in [0.1, 0.15) is 18.8 Å². The van der Waals surface area contributed by atoms with E-state index in [9.17, 15) is 32.7 Å². The van der Waals surface area contributed by atoms with E-state index in [1.807, 2.05) is 0 Å². The first kappa shape index (κ1) is 25.3. The van der Waals surface area contributed by atoms with Crippen LogP contribution in [-0.2, 0) is 28.6 Å². The van der Waals surface area contributed by atoms with E-state index in [-0.39, 0.29) is 32.0 Å². The number of ether oxygens (including phenoxy) is 3. The van der Waals surface area contributed by atoms with Crippen LogP contribution < -0.4 is 0 Å². The lowest BCUT2D eigenvalue weighted by Gasteiger charge is -2.28. The molecule has 10 heteroatoms. The molecule has 2 atom stereocenters. The zero-order chi connectivity index (χ0) is 21.3. The Hall–Kier alpha value is -1.68. The van der Waals surface area contributed by atoms with Crippen molar-refractivity contribution in [1.82, 2.24) is 0 Å². The highest BCUT2D eigenvalue weighted by Crippen LogP contribution is 2.33. The predicted octanol–water partition coefficient (Wildman–Crippen LogP) is 2.19. The molecule has 1 N–H and O–H groups in total. The van der Waals surface area contributed by atoms with Gasteiger partial charge in [-0.25, -0.2) is 0 Å². The Balaban J connectivity index is 4.31. The third kappa shape index (κ3) is 9.18. The van der Waals surface area contributed by atoms with Crippen LogP contribution in [0.2, 0.25) is 0 Å². The van der Waals surface area contributed by atoms with Crippen molar-refractivity contribution >= 4 is 17.7 Å². The largest absolute Gasteiger partial charge is 0.465 e. The Labute approximate surface area is 156 Å². The van der Waals surface area contributed by atoms with Crippen LogP contribution in [-0.4, -0.2) is 61.0 Å². The molecule has 0 aromatic carbocycles. The minimum atomic E-state index is -4.82. The van der Waals surface area contributed by atoms with E-state index in [2.05, 4.69) is 0 Å². The van der Waals surface area contributed by atoms with Crippen molar-refractivity contribution < 1.29 is 46.9 Å². The van der Waals surface area contributed by atoms with Gasteiger partial charge in [-0.15, -0.1) is 0 Å². The van der Waals surface area contributed by atoms with E-state index < -0.39 is 42.2 Å². The molecule has 0 rings (SSSR count). The van der Waals surface area contributed by atoms with E-state index in [1.165, 1.54) is 13.8 Å². The highest BCUT2D eigenvalue weighted by molar-refractivity contribution is 5.94. The van der Waals surface area contributed by atoms with Gasteiger partial charge in [0.05, 0.1) is 25.2 Å². The van der Waals surface area contributed by atoms with Gasteiger partial charge in [0, 0.05) is 6.42 Å². The first-order chi connectivity index (χ1) is 12.2. The molecule has 0 aliphatic rings. The van der Waals surface area contributed by atoms with Crippen molar-refractivity contribution in [3.63, 3.8) is 0 Å². The predicted molar refractivity (Wildman–Crippen MR) is 87.7 cm³/mol. The molecule has 0 heterocycles. The number of rotatable bonds is 12.